The molecule has 17 heavy (non-hydrogen) atoms. The minimum atomic E-state index is 0.0235. The normalized spacial score (nSPS) is 14.9. The molecule has 1 rings (SSSR count). The number of hydrogen-bond acceptors (Lipinski definition) is 3. The van der Waals surface area contributed by atoms with Crippen molar-refractivity contribution in [3.8, 4) is 0 Å². The van der Waals surface area contributed by atoms with Crippen molar-refractivity contribution in [2.75, 3.05) is 13.1 Å². The first-order valence-corrected chi connectivity index (χ1v) is 6.25. The summed E-state index contributed by atoms with van der Waals surface area (Å²) in [5.41, 5.74) is 0.0235. The molecule has 0 aliphatic carbocycles. The van der Waals surface area contributed by atoms with E-state index >= 15 is 0 Å². The molecule has 1 unspecified atom stereocenters. The lowest BCUT2D eigenvalue weighted by Gasteiger charge is -2.26. The highest BCUT2D eigenvalue weighted by atomic mass is 15.3. The maximum atomic E-state index is 4.35. The van der Waals surface area contributed by atoms with Gasteiger partial charge in [0.15, 0.2) is 0 Å². The maximum absolute atomic E-state index is 4.35. The van der Waals surface area contributed by atoms with E-state index in [9.17, 15) is 0 Å². The van der Waals surface area contributed by atoms with E-state index < -0.39 is 0 Å². The molecule has 0 saturated heterocycles. The predicted octanol–water partition coefficient (Wildman–Crippen LogP) is 2.20. The van der Waals surface area contributed by atoms with E-state index in [1.165, 1.54) is 0 Å². The zero-order valence-corrected chi connectivity index (χ0v) is 11.4. The van der Waals surface area contributed by atoms with Crippen molar-refractivity contribution in [3.63, 3.8) is 0 Å². The van der Waals surface area contributed by atoms with Crippen LogP contribution < -0.4 is 5.32 Å². The number of rotatable bonds is 7. The molecule has 0 aromatic carbocycles. The first-order chi connectivity index (χ1) is 8.02. The molecule has 1 N–H and O–H groups in total. The second-order valence-electron chi connectivity index (χ2n) is 5.03. The highest BCUT2D eigenvalue weighted by molar-refractivity contribution is 5.02. The van der Waals surface area contributed by atoms with Gasteiger partial charge in [-0.1, -0.05) is 19.9 Å². The van der Waals surface area contributed by atoms with Crippen LogP contribution >= 0.6 is 0 Å². The molecule has 1 atom stereocenters. The van der Waals surface area contributed by atoms with Crippen molar-refractivity contribution in [2.24, 2.45) is 5.41 Å². The molecule has 0 aliphatic rings. The first-order valence-electron chi connectivity index (χ1n) is 6.25. The Labute approximate surface area is 104 Å². The molecule has 4 nitrogen and oxygen atoms in total. The largest absolute Gasteiger partial charge is 0.316 e. The van der Waals surface area contributed by atoms with Crippen molar-refractivity contribution < 1.29 is 0 Å². The number of nitrogens with one attached hydrogen (secondary N) is 1. The van der Waals surface area contributed by atoms with Crippen LogP contribution in [0, 0.1) is 5.41 Å². The van der Waals surface area contributed by atoms with Gasteiger partial charge in [-0.3, -0.25) is 0 Å². The van der Waals surface area contributed by atoms with Gasteiger partial charge in [-0.15, -0.1) is 6.58 Å². The molecule has 96 valence electrons. The Morgan fingerprint density at radius 3 is 2.82 bits per heavy atom. The Kier molecular flexibility index (Phi) is 4.87. The molecular formula is C13H24N4. The Hall–Kier alpha value is -1.16. The lowest BCUT2D eigenvalue weighted by molar-refractivity contribution is 0.370. The predicted molar refractivity (Wildman–Crippen MR) is 71.0 cm³/mol. The molecule has 1 aromatic heterocycles. The van der Waals surface area contributed by atoms with Crippen LogP contribution in [0.2, 0.25) is 0 Å². The summed E-state index contributed by atoms with van der Waals surface area (Å²) in [4.78, 5) is 4.35. The van der Waals surface area contributed by atoms with Crippen LogP contribution in [-0.2, 0) is 6.42 Å². The van der Waals surface area contributed by atoms with E-state index in [-0.39, 0.29) is 5.41 Å². The van der Waals surface area contributed by atoms with Crippen molar-refractivity contribution in [2.45, 2.75) is 40.2 Å². The molecule has 1 heterocycles. The SMILES string of the molecule is C=CC(C)(CNCC)Cc1ncnn1C(C)C. The monoisotopic (exact) mass is 236 g/mol. The molecule has 4 heteroatoms. The second kappa shape index (κ2) is 5.96. The summed E-state index contributed by atoms with van der Waals surface area (Å²) in [6, 6.07) is 0.348. The second-order valence-corrected chi connectivity index (χ2v) is 5.03. The van der Waals surface area contributed by atoms with Crippen molar-refractivity contribution in [1.82, 2.24) is 20.1 Å². The quantitative estimate of drug-likeness (QED) is 0.738. The minimum Gasteiger partial charge on any atom is -0.316 e. The number of aromatic nitrogens is 3. The zero-order chi connectivity index (χ0) is 12.9. The highest BCUT2D eigenvalue weighted by Gasteiger charge is 2.23. The minimum absolute atomic E-state index is 0.0235. The summed E-state index contributed by atoms with van der Waals surface area (Å²) in [5.74, 6) is 1.03. The molecule has 0 aliphatic heterocycles. The Morgan fingerprint density at radius 1 is 1.59 bits per heavy atom. The Bertz CT molecular complexity index is 356. The van der Waals surface area contributed by atoms with Gasteiger partial charge in [0.25, 0.3) is 0 Å². The van der Waals surface area contributed by atoms with E-state index in [2.05, 4.69) is 49.7 Å². The van der Waals surface area contributed by atoms with Gasteiger partial charge in [0, 0.05) is 24.4 Å². The third-order valence-electron chi connectivity index (χ3n) is 2.97. The topological polar surface area (TPSA) is 42.7 Å². The van der Waals surface area contributed by atoms with E-state index in [1.54, 1.807) is 6.33 Å². The average molecular weight is 236 g/mol. The Balaban J connectivity index is 2.79. The lowest BCUT2D eigenvalue weighted by atomic mass is 9.86. The molecular weight excluding hydrogens is 212 g/mol. The third kappa shape index (κ3) is 3.66. The van der Waals surface area contributed by atoms with E-state index in [1.807, 2.05) is 10.8 Å². The molecule has 0 bridgehead atoms. The molecule has 1 aromatic rings. The van der Waals surface area contributed by atoms with Crippen LogP contribution in [0.15, 0.2) is 19.0 Å². The van der Waals surface area contributed by atoms with Crippen LogP contribution in [0.1, 0.15) is 39.6 Å². The van der Waals surface area contributed by atoms with Gasteiger partial charge in [-0.05, 0) is 20.4 Å². The van der Waals surface area contributed by atoms with E-state index in [0.717, 1.165) is 25.3 Å². The van der Waals surface area contributed by atoms with Crippen LogP contribution in [0.5, 0.6) is 0 Å². The van der Waals surface area contributed by atoms with Gasteiger partial charge in [0.1, 0.15) is 12.2 Å². The molecule has 0 fully saturated rings. The van der Waals surface area contributed by atoms with Crippen LogP contribution in [0.25, 0.3) is 0 Å². The maximum Gasteiger partial charge on any atom is 0.138 e. The van der Waals surface area contributed by atoms with Crippen molar-refractivity contribution >= 4 is 0 Å². The average Bonchev–Trinajstić information content (AvgIpc) is 2.74. The smallest absolute Gasteiger partial charge is 0.138 e. The molecule has 0 spiro atoms. The van der Waals surface area contributed by atoms with Gasteiger partial charge in [0.2, 0.25) is 0 Å². The van der Waals surface area contributed by atoms with E-state index in [0.29, 0.717) is 6.04 Å². The highest BCUT2D eigenvalue weighted by Crippen LogP contribution is 2.23. The van der Waals surface area contributed by atoms with Crippen LogP contribution in [0.4, 0.5) is 0 Å². The fraction of sp³-hybridized carbons (Fsp3) is 0.692. The fourth-order valence-electron chi connectivity index (χ4n) is 1.81. The van der Waals surface area contributed by atoms with Crippen LogP contribution in [0.3, 0.4) is 0 Å². The summed E-state index contributed by atoms with van der Waals surface area (Å²) in [7, 11) is 0. The summed E-state index contributed by atoms with van der Waals surface area (Å²) < 4.78 is 1.98. The Morgan fingerprint density at radius 2 is 2.29 bits per heavy atom. The van der Waals surface area contributed by atoms with Gasteiger partial charge >= 0.3 is 0 Å². The molecule has 0 amide bonds. The van der Waals surface area contributed by atoms with Crippen molar-refractivity contribution in [3.05, 3.63) is 24.8 Å². The summed E-state index contributed by atoms with van der Waals surface area (Å²) >= 11 is 0. The summed E-state index contributed by atoms with van der Waals surface area (Å²) in [5, 5.41) is 7.64. The first kappa shape index (κ1) is 13.9. The van der Waals surface area contributed by atoms with Gasteiger partial charge in [-0.2, -0.15) is 5.10 Å². The summed E-state index contributed by atoms with van der Waals surface area (Å²) in [6.07, 6.45) is 4.50. The molecule has 0 saturated carbocycles. The standard InChI is InChI=1S/C13H24N4/c1-6-13(5,9-14-7-2)8-12-15-10-16-17(12)11(3)4/h6,10-11,14H,1,7-9H2,2-5H3. The fourth-order valence-corrected chi connectivity index (χ4v) is 1.81. The van der Waals surface area contributed by atoms with Crippen molar-refractivity contribution in [1.29, 1.82) is 0 Å². The number of hydrogen-bond donors (Lipinski definition) is 1. The van der Waals surface area contributed by atoms with Gasteiger partial charge in [0.05, 0.1) is 0 Å². The third-order valence-corrected chi connectivity index (χ3v) is 2.97. The van der Waals surface area contributed by atoms with Gasteiger partial charge in [-0.25, -0.2) is 9.67 Å². The summed E-state index contributed by atoms with van der Waals surface area (Å²) in [6.45, 7) is 14.4. The zero-order valence-electron chi connectivity index (χ0n) is 11.4. The number of nitrogens with zero attached hydrogens (tertiary/aromatic N) is 3. The van der Waals surface area contributed by atoms with Gasteiger partial charge < -0.3 is 5.32 Å². The van der Waals surface area contributed by atoms with Crippen LogP contribution in [-0.4, -0.2) is 27.9 Å². The molecule has 0 radical (unpaired) electrons. The lowest BCUT2D eigenvalue weighted by Crippen LogP contribution is -2.33. The van der Waals surface area contributed by atoms with E-state index in [4.69, 9.17) is 0 Å².